The van der Waals surface area contributed by atoms with Crippen molar-refractivity contribution >= 4 is 22.8 Å². The molecule has 0 bridgehead atoms. The minimum absolute atomic E-state index is 0.0325. The first-order chi connectivity index (χ1) is 12.6. The minimum atomic E-state index is -0.489. The molecule has 4 rings (SSSR count). The lowest BCUT2D eigenvalue weighted by Crippen LogP contribution is -2.17. The summed E-state index contributed by atoms with van der Waals surface area (Å²) in [5, 5.41) is 14.5. The molecular weight excluding hydrogens is 332 g/mol. The fourth-order valence-electron chi connectivity index (χ4n) is 3.28. The highest BCUT2D eigenvalue weighted by molar-refractivity contribution is 5.99. The summed E-state index contributed by atoms with van der Waals surface area (Å²) in [6, 6.07) is 6.87. The lowest BCUT2D eigenvalue weighted by molar-refractivity contribution is 0.100. The third-order valence-electron chi connectivity index (χ3n) is 4.61. The Balaban J connectivity index is 1.85. The predicted octanol–water partition coefficient (Wildman–Crippen LogP) is 0.902. The Morgan fingerprint density at radius 2 is 2.04 bits per heavy atom. The Morgan fingerprint density at radius 3 is 2.69 bits per heavy atom. The van der Waals surface area contributed by atoms with E-state index in [0.717, 1.165) is 12.0 Å². The van der Waals surface area contributed by atoms with Gasteiger partial charge in [0.05, 0.1) is 18.0 Å². The van der Waals surface area contributed by atoms with Crippen molar-refractivity contribution in [1.82, 2.24) is 24.6 Å². The predicted molar refractivity (Wildman–Crippen MR) is 94.5 cm³/mol. The molecule has 1 fully saturated rings. The Labute approximate surface area is 148 Å². The zero-order valence-corrected chi connectivity index (χ0v) is 13.8. The fraction of sp³-hybridized carbons (Fsp3) is 0.235. The SMILES string of the molecule is N#CN1CCC(n2nc(-c3ccc(C(N)=O)cc3)c3c(N)ncnc32)C1. The van der Waals surface area contributed by atoms with Crippen molar-refractivity contribution in [3.05, 3.63) is 36.2 Å². The number of benzene rings is 1. The largest absolute Gasteiger partial charge is 0.383 e. The molecule has 0 radical (unpaired) electrons. The van der Waals surface area contributed by atoms with Gasteiger partial charge in [0.25, 0.3) is 0 Å². The highest BCUT2D eigenvalue weighted by atomic mass is 16.1. The number of anilines is 1. The number of likely N-dealkylation sites (tertiary alicyclic amines) is 1. The lowest BCUT2D eigenvalue weighted by atomic mass is 10.1. The van der Waals surface area contributed by atoms with Crippen LogP contribution in [-0.2, 0) is 0 Å². The van der Waals surface area contributed by atoms with Gasteiger partial charge in [-0.1, -0.05) is 12.1 Å². The Morgan fingerprint density at radius 1 is 1.27 bits per heavy atom. The van der Waals surface area contributed by atoms with E-state index in [1.54, 1.807) is 29.2 Å². The number of primary amides is 1. The molecule has 3 aromatic rings. The standard InChI is InChI=1S/C17H16N8O/c18-8-24-6-5-12(7-24)25-17-13(15(19)21-9-22-17)14(23-25)10-1-3-11(4-2-10)16(20)26/h1-4,9,12H,5-7H2,(H2,20,26)(H2,19,21,22). The molecule has 1 aliphatic heterocycles. The highest BCUT2D eigenvalue weighted by Gasteiger charge is 2.28. The van der Waals surface area contributed by atoms with Crippen molar-refractivity contribution < 1.29 is 4.79 Å². The van der Waals surface area contributed by atoms with E-state index in [2.05, 4.69) is 16.2 Å². The lowest BCUT2D eigenvalue weighted by Gasteiger charge is -2.10. The van der Waals surface area contributed by atoms with Gasteiger partial charge in [0.15, 0.2) is 11.8 Å². The molecular formula is C17H16N8O. The summed E-state index contributed by atoms with van der Waals surface area (Å²) in [7, 11) is 0. The second-order valence-electron chi connectivity index (χ2n) is 6.18. The third kappa shape index (κ3) is 2.48. The summed E-state index contributed by atoms with van der Waals surface area (Å²) in [5.41, 5.74) is 13.9. The first-order valence-corrected chi connectivity index (χ1v) is 8.12. The van der Waals surface area contributed by atoms with Gasteiger partial charge >= 0.3 is 0 Å². The summed E-state index contributed by atoms with van der Waals surface area (Å²) in [6.07, 6.45) is 4.38. The topological polar surface area (TPSA) is 140 Å². The van der Waals surface area contributed by atoms with Gasteiger partial charge in [-0.05, 0) is 18.6 Å². The summed E-state index contributed by atoms with van der Waals surface area (Å²) >= 11 is 0. The Kier molecular flexibility index (Phi) is 3.65. The summed E-state index contributed by atoms with van der Waals surface area (Å²) in [5.74, 6) is -0.150. The number of nitrogen functional groups attached to an aromatic ring is 1. The van der Waals surface area contributed by atoms with E-state index in [1.165, 1.54) is 6.33 Å². The van der Waals surface area contributed by atoms with Gasteiger partial charge in [0.2, 0.25) is 5.91 Å². The number of aromatic nitrogens is 4. The van der Waals surface area contributed by atoms with Crippen LogP contribution in [0.3, 0.4) is 0 Å². The summed E-state index contributed by atoms with van der Waals surface area (Å²) in [6.45, 7) is 1.27. The Hall–Kier alpha value is -3.67. The molecule has 4 N–H and O–H groups in total. The quantitative estimate of drug-likeness (QED) is 0.670. The number of carbonyl (C=O) groups is 1. The molecule has 26 heavy (non-hydrogen) atoms. The molecule has 9 nitrogen and oxygen atoms in total. The van der Waals surface area contributed by atoms with E-state index in [1.807, 2.05) is 4.68 Å². The zero-order valence-electron chi connectivity index (χ0n) is 13.8. The van der Waals surface area contributed by atoms with Crippen LogP contribution >= 0.6 is 0 Å². The maximum atomic E-state index is 11.3. The monoisotopic (exact) mass is 348 g/mol. The van der Waals surface area contributed by atoms with Crippen LogP contribution in [0.15, 0.2) is 30.6 Å². The first-order valence-electron chi connectivity index (χ1n) is 8.12. The summed E-state index contributed by atoms with van der Waals surface area (Å²) < 4.78 is 1.82. The van der Waals surface area contributed by atoms with E-state index in [0.29, 0.717) is 41.2 Å². The number of rotatable bonds is 3. The van der Waals surface area contributed by atoms with Crippen LogP contribution in [0, 0.1) is 11.5 Å². The van der Waals surface area contributed by atoms with Gasteiger partial charge in [0, 0.05) is 17.7 Å². The van der Waals surface area contributed by atoms with Crippen molar-refractivity contribution in [1.29, 1.82) is 5.26 Å². The van der Waals surface area contributed by atoms with E-state index in [-0.39, 0.29) is 6.04 Å². The smallest absolute Gasteiger partial charge is 0.248 e. The highest BCUT2D eigenvalue weighted by Crippen LogP contribution is 2.33. The van der Waals surface area contributed by atoms with E-state index in [9.17, 15) is 4.79 Å². The van der Waals surface area contributed by atoms with E-state index >= 15 is 0 Å². The van der Waals surface area contributed by atoms with Gasteiger partial charge in [-0.15, -0.1) is 0 Å². The van der Waals surface area contributed by atoms with Crippen LogP contribution in [0.25, 0.3) is 22.3 Å². The molecule has 1 atom stereocenters. The molecule has 1 unspecified atom stereocenters. The molecule has 0 aliphatic carbocycles. The Bertz CT molecular complexity index is 1030. The van der Waals surface area contributed by atoms with E-state index < -0.39 is 5.91 Å². The molecule has 1 saturated heterocycles. The normalized spacial score (nSPS) is 16.7. The molecule has 1 aliphatic rings. The molecule has 1 aromatic carbocycles. The number of carbonyl (C=O) groups excluding carboxylic acids is 1. The maximum Gasteiger partial charge on any atom is 0.248 e. The van der Waals surface area contributed by atoms with Crippen molar-refractivity contribution in [3.8, 4) is 17.5 Å². The average molecular weight is 348 g/mol. The van der Waals surface area contributed by atoms with E-state index in [4.69, 9.17) is 21.8 Å². The molecule has 0 saturated carbocycles. The van der Waals surface area contributed by atoms with Gasteiger partial charge < -0.3 is 16.4 Å². The number of amides is 1. The van der Waals surface area contributed by atoms with Crippen molar-refractivity contribution in [3.63, 3.8) is 0 Å². The number of hydrogen-bond acceptors (Lipinski definition) is 7. The van der Waals surface area contributed by atoms with Gasteiger partial charge in [-0.2, -0.15) is 10.4 Å². The molecule has 1 amide bonds. The van der Waals surface area contributed by atoms with Gasteiger partial charge in [-0.3, -0.25) is 4.79 Å². The average Bonchev–Trinajstić information content (AvgIpc) is 3.27. The second kappa shape index (κ2) is 6.00. The van der Waals surface area contributed by atoms with Crippen LogP contribution in [0.4, 0.5) is 5.82 Å². The number of hydrogen-bond donors (Lipinski definition) is 2. The molecule has 2 aromatic heterocycles. The molecule has 130 valence electrons. The summed E-state index contributed by atoms with van der Waals surface area (Å²) in [4.78, 5) is 21.4. The van der Waals surface area contributed by atoms with Crippen molar-refractivity contribution in [2.45, 2.75) is 12.5 Å². The molecule has 3 heterocycles. The number of nitrogens with zero attached hydrogens (tertiary/aromatic N) is 6. The fourth-order valence-corrected chi connectivity index (χ4v) is 3.28. The van der Waals surface area contributed by atoms with Crippen LogP contribution in [0.2, 0.25) is 0 Å². The number of fused-ring (bicyclic) bond motifs is 1. The zero-order chi connectivity index (χ0) is 18.3. The van der Waals surface area contributed by atoms with Gasteiger partial charge in [-0.25, -0.2) is 14.6 Å². The minimum Gasteiger partial charge on any atom is -0.383 e. The van der Waals surface area contributed by atoms with Crippen LogP contribution in [-0.4, -0.2) is 43.6 Å². The van der Waals surface area contributed by atoms with Crippen molar-refractivity contribution in [2.75, 3.05) is 18.8 Å². The maximum absolute atomic E-state index is 11.3. The van der Waals surface area contributed by atoms with Gasteiger partial charge in [0.1, 0.15) is 17.8 Å². The molecule has 0 spiro atoms. The van der Waals surface area contributed by atoms with Crippen molar-refractivity contribution in [2.24, 2.45) is 5.73 Å². The number of nitrogens with two attached hydrogens (primary N) is 2. The van der Waals surface area contributed by atoms with Crippen LogP contribution in [0.1, 0.15) is 22.8 Å². The number of nitriles is 1. The molecule has 9 heteroatoms. The third-order valence-corrected chi connectivity index (χ3v) is 4.61. The van der Waals surface area contributed by atoms with Crippen LogP contribution < -0.4 is 11.5 Å². The second-order valence-corrected chi connectivity index (χ2v) is 6.18. The first kappa shape index (κ1) is 15.8. The van der Waals surface area contributed by atoms with Crippen LogP contribution in [0.5, 0.6) is 0 Å².